The third-order valence-electron chi connectivity index (χ3n) is 2.98. The molecule has 0 saturated heterocycles. The first-order valence-corrected chi connectivity index (χ1v) is 7.12. The fourth-order valence-electron chi connectivity index (χ4n) is 1.80. The van der Waals surface area contributed by atoms with Gasteiger partial charge < -0.3 is 14.6 Å². The molecule has 0 heterocycles. The Labute approximate surface area is 123 Å². The molecule has 0 aliphatic rings. The molecule has 0 spiro atoms. The molecule has 4 nitrogen and oxygen atoms in total. The lowest BCUT2D eigenvalue weighted by Gasteiger charge is -2.24. The van der Waals surface area contributed by atoms with Crippen LogP contribution in [0.15, 0.2) is 16.6 Å². The first-order valence-electron chi connectivity index (χ1n) is 6.32. The summed E-state index contributed by atoms with van der Waals surface area (Å²) in [5.74, 6) is 0.665. The third kappa shape index (κ3) is 4.67. The second-order valence-corrected chi connectivity index (χ2v) is 5.43. The normalized spacial score (nSPS) is 12.7. The largest absolute Gasteiger partial charge is 0.503 e. The van der Waals surface area contributed by atoms with Crippen LogP contribution in [0.2, 0.25) is 0 Å². The number of phenolic OH excluding ortho intramolecular Hbond substituents is 1. The Balaban J connectivity index is 2.83. The number of nitrogens with zero attached hydrogens (tertiary/aromatic N) is 1. The summed E-state index contributed by atoms with van der Waals surface area (Å²) < 4.78 is 11.2. The highest BCUT2D eigenvalue weighted by molar-refractivity contribution is 9.10. The van der Waals surface area contributed by atoms with Crippen molar-refractivity contribution in [1.29, 1.82) is 0 Å². The van der Waals surface area contributed by atoms with Crippen molar-refractivity contribution in [3.8, 4) is 11.5 Å². The smallest absolute Gasteiger partial charge is 0.172 e. The molecule has 108 valence electrons. The molecule has 0 aliphatic carbocycles. The Morgan fingerprint density at radius 2 is 2.11 bits per heavy atom. The predicted octanol–water partition coefficient (Wildman–Crippen LogP) is 3.02. The van der Waals surface area contributed by atoms with Crippen LogP contribution in [-0.4, -0.2) is 43.4 Å². The van der Waals surface area contributed by atoms with Crippen LogP contribution in [0.25, 0.3) is 0 Å². The Morgan fingerprint density at radius 3 is 2.68 bits per heavy atom. The number of rotatable bonds is 7. The van der Waals surface area contributed by atoms with Gasteiger partial charge in [-0.25, -0.2) is 0 Å². The van der Waals surface area contributed by atoms with Gasteiger partial charge in [0.15, 0.2) is 11.5 Å². The van der Waals surface area contributed by atoms with E-state index in [0.29, 0.717) is 29.5 Å². The highest BCUT2D eigenvalue weighted by atomic mass is 79.9. The topological polar surface area (TPSA) is 41.9 Å². The van der Waals surface area contributed by atoms with Crippen molar-refractivity contribution in [1.82, 2.24) is 4.90 Å². The molecule has 5 heteroatoms. The van der Waals surface area contributed by atoms with Gasteiger partial charge in [-0.3, -0.25) is 4.90 Å². The summed E-state index contributed by atoms with van der Waals surface area (Å²) in [7, 11) is 3.75. The quantitative estimate of drug-likeness (QED) is 0.833. The minimum Gasteiger partial charge on any atom is -0.503 e. The molecule has 19 heavy (non-hydrogen) atoms. The number of benzene rings is 1. The van der Waals surface area contributed by atoms with Crippen LogP contribution >= 0.6 is 15.9 Å². The Morgan fingerprint density at radius 1 is 1.42 bits per heavy atom. The third-order valence-corrected chi connectivity index (χ3v) is 3.58. The molecule has 0 bridgehead atoms. The van der Waals surface area contributed by atoms with Crippen LogP contribution in [0, 0.1) is 0 Å². The van der Waals surface area contributed by atoms with Gasteiger partial charge in [-0.15, -0.1) is 0 Å². The highest BCUT2D eigenvalue weighted by Gasteiger charge is 2.13. The van der Waals surface area contributed by atoms with Gasteiger partial charge >= 0.3 is 0 Å². The highest BCUT2D eigenvalue weighted by Crippen LogP contribution is 2.35. The van der Waals surface area contributed by atoms with E-state index >= 15 is 0 Å². The predicted molar refractivity (Wildman–Crippen MR) is 79.8 cm³/mol. The van der Waals surface area contributed by atoms with Crippen LogP contribution in [-0.2, 0) is 11.3 Å². The fraction of sp³-hybridized carbons (Fsp3) is 0.571. The van der Waals surface area contributed by atoms with Gasteiger partial charge in [0.05, 0.1) is 17.7 Å². The van der Waals surface area contributed by atoms with E-state index in [1.54, 1.807) is 7.11 Å². The monoisotopic (exact) mass is 331 g/mol. The molecule has 1 unspecified atom stereocenters. The fourth-order valence-corrected chi connectivity index (χ4v) is 2.29. The minimum atomic E-state index is 0.151. The molecular weight excluding hydrogens is 310 g/mol. The number of hydrogen-bond acceptors (Lipinski definition) is 4. The lowest BCUT2D eigenvalue weighted by atomic mass is 10.1. The van der Waals surface area contributed by atoms with Crippen molar-refractivity contribution in [3.63, 3.8) is 0 Å². The van der Waals surface area contributed by atoms with Crippen molar-refractivity contribution < 1.29 is 14.6 Å². The van der Waals surface area contributed by atoms with Gasteiger partial charge in [-0.2, -0.15) is 0 Å². The van der Waals surface area contributed by atoms with Crippen molar-refractivity contribution in [2.24, 2.45) is 0 Å². The number of ether oxygens (including phenoxy) is 2. The lowest BCUT2D eigenvalue weighted by molar-refractivity contribution is 0.112. The molecule has 1 rings (SSSR count). The molecule has 0 amide bonds. The van der Waals surface area contributed by atoms with Gasteiger partial charge in [-0.1, -0.05) is 0 Å². The molecular formula is C14H22BrNO3. The zero-order chi connectivity index (χ0) is 14.4. The van der Waals surface area contributed by atoms with E-state index in [1.807, 2.05) is 26.1 Å². The molecule has 1 N–H and O–H groups in total. The van der Waals surface area contributed by atoms with Crippen LogP contribution in [0.1, 0.15) is 19.4 Å². The zero-order valence-corrected chi connectivity index (χ0v) is 13.5. The summed E-state index contributed by atoms with van der Waals surface area (Å²) in [4.78, 5) is 2.19. The maximum Gasteiger partial charge on any atom is 0.172 e. The first-order chi connectivity index (χ1) is 8.99. The maximum absolute atomic E-state index is 9.88. The standard InChI is InChI=1S/C14H22BrNO3/c1-5-19-13-7-11(6-12(15)14(13)17)8-16(3)10(2)9-18-4/h6-7,10,17H,5,8-9H2,1-4H3. The van der Waals surface area contributed by atoms with Gasteiger partial charge in [-0.05, 0) is 54.5 Å². The van der Waals surface area contributed by atoms with Crippen molar-refractivity contribution >= 4 is 15.9 Å². The average molecular weight is 332 g/mol. The molecule has 1 atom stereocenters. The summed E-state index contributed by atoms with van der Waals surface area (Å²) in [5.41, 5.74) is 1.08. The molecule has 0 fully saturated rings. The van der Waals surface area contributed by atoms with E-state index in [1.165, 1.54) is 0 Å². The van der Waals surface area contributed by atoms with E-state index in [9.17, 15) is 5.11 Å². The number of methoxy groups -OCH3 is 1. The second kappa shape index (κ2) is 7.72. The SMILES string of the molecule is CCOc1cc(CN(C)C(C)COC)cc(Br)c1O. The number of likely N-dealkylation sites (N-methyl/N-ethyl adjacent to an activating group) is 1. The van der Waals surface area contributed by atoms with Crippen LogP contribution in [0.5, 0.6) is 11.5 Å². The van der Waals surface area contributed by atoms with Gasteiger partial charge in [0, 0.05) is 19.7 Å². The first kappa shape index (κ1) is 16.3. The molecule has 0 saturated carbocycles. The molecule has 0 aromatic heterocycles. The van der Waals surface area contributed by atoms with Crippen LogP contribution in [0.4, 0.5) is 0 Å². The van der Waals surface area contributed by atoms with Gasteiger partial charge in [0.2, 0.25) is 0 Å². The Hall–Kier alpha value is -0.780. The summed E-state index contributed by atoms with van der Waals surface area (Å²) in [5, 5.41) is 9.88. The maximum atomic E-state index is 9.88. The van der Waals surface area contributed by atoms with E-state index in [2.05, 4.69) is 27.8 Å². The summed E-state index contributed by atoms with van der Waals surface area (Å²) in [6.45, 7) is 5.99. The molecule has 0 aliphatic heterocycles. The Kier molecular flexibility index (Phi) is 6.62. The molecule has 0 radical (unpaired) electrons. The number of hydrogen-bond donors (Lipinski definition) is 1. The van der Waals surface area contributed by atoms with E-state index in [-0.39, 0.29) is 5.75 Å². The molecule has 1 aromatic carbocycles. The summed E-state index contributed by atoms with van der Waals surface area (Å²) in [6, 6.07) is 4.11. The van der Waals surface area contributed by atoms with Crippen molar-refractivity contribution in [3.05, 3.63) is 22.2 Å². The molecule has 1 aromatic rings. The van der Waals surface area contributed by atoms with Crippen LogP contribution in [0.3, 0.4) is 0 Å². The number of aromatic hydroxyl groups is 1. The summed E-state index contributed by atoms with van der Waals surface area (Å²) in [6.07, 6.45) is 0. The van der Waals surface area contributed by atoms with E-state index in [4.69, 9.17) is 9.47 Å². The number of phenols is 1. The van der Waals surface area contributed by atoms with E-state index in [0.717, 1.165) is 12.1 Å². The van der Waals surface area contributed by atoms with E-state index < -0.39 is 0 Å². The Bertz CT molecular complexity index is 412. The van der Waals surface area contributed by atoms with Gasteiger partial charge in [0.25, 0.3) is 0 Å². The second-order valence-electron chi connectivity index (χ2n) is 4.58. The van der Waals surface area contributed by atoms with Crippen molar-refractivity contribution in [2.75, 3.05) is 27.4 Å². The summed E-state index contributed by atoms with van der Waals surface area (Å²) >= 11 is 3.35. The average Bonchev–Trinajstić information content (AvgIpc) is 2.35. The zero-order valence-electron chi connectivity index (χ0n) is 11.9. The number of halogens is 1. The van der Waals surface area contributed by atoms with Crippen molar-refractivity contribution in [2.45, 2.75) is 26.4 Å². The lowest BCUT2D eigenvalue weighted by Crippen LogP contribution is -2.32. The van der Waals surface area contributed by atoms with Gasteiger partial charge in [0.1, 0.15) is 0 Å². The minimum absolute atomic E-state index is 0.151. The van der Waals surface area contributed by atoms with Crippen LogP contribution < -0.4 is 4.74 Å².